The molecule has 1 unspecified atom stereocenters. The van der Waals surface area contributed by atoms with Crippen molar-refractivity contribution in [2.75, 3.05) is 13.1 Å². The molecule has 6 nitrogen and oxygen atoms in total. The maximum atomic E-state index is 13.1. The van der Waals surface area contributed by atoms with E-state index in [9.17, 15) is 4.79 Å². The van der Waals surface area contributed by atoms with E-state index < -0.39 is 0 Å². The van der Waals surface area contributed by atoms with Crippen LogP contribution in [0.2, 0.25) is 5.02 Å². The van der Waals surface area contributed by atoms with Crippen LogP contribution in [0.4, 0.5) is 4.79 Å². The first kappa shape index (κ1) is 18.9. The number of carbonyl (C=O) groups excluding carboxylic acids is 1. The Bertz CT molecular complexity index is 889. The third-order valence-corrected chi connectivity index (χ3v) is 7.09. The predicted octanol–water partition coefficient (Wildman–Crippen LogP) is 4.24. The summed E-state index contributed by atoms with van der Waals surface area (Å²) in [6, 6.07) is 8.12. The van der Waals surface area contributed by atoms with Gasteiger partial charge in [0, 0.05) is 36.5 Å². The van der Waals surface area contributed by atoms with Gasteiger partial charge in [-0.05, 0) is 56.2 Å². The maximum Gasteiger partial charge on any atom is 0.318 e. The third-order valence-electron chi connectivity index (χ3n) is 6.84. The van der Waals surface area contributed by atoms with Gasteiger partial charge in [0.05, 0.1) is 6.04 Å². The van der Waals surface area contributed by atoms with E-state index >= 15 is 0 Å². The SMILES string of the molecule is O=C(NCC1(c2ccc(Cl)cc2)CC1)N1CCCC1c1nnc2n1CCCCC2. The summed E-state index contributed by atoms with van der Waals surface area (Å²) in [4.78, 5) is 15.1. The van der Waals surface area contributed by atoms with E-state index in [4.69, 9.17) is 11.6 Å². The summed E-state index contributed by atoms with van der Waals surface area (Å²) in [5.74, 6) is 2.07. The Morgan fingerprint density at radius 1 is 1.10 bits per heavy atom. The Kier molecular flexibility index (Phi) is 4.98. The second kappa shape index (κ2) is 7.63. The fourth-order valence-electron chi connectivity index (χ4n) is 4.90. The molecule has 2 aliphatic heterocycles. The number of hydrogen-bond donors (Lipinski definition) is 1. The number of aromatic nitrogens is 3. The van der Waals surface area contributed by atoms with Crippen molar-refractivity contribution in [3.05, 3.63) is 46.5 Å². The Labute approximate surface area is 176 Å². The van der Waals surface area contributed by atoms with E-state index in [1.807, 2.05) is 17.0 Å². The number of benzene rings is 1. The average molecular weight is 414 g/mol. The van der Waals surface area contributed by atoms with Gasteiger partial charge in [-0.2, -0.15) is 0 Å². The van der Waals surface area contributed by atoms with E-state index in [1.165, 1.54) is 24.8 Å². The van der Waals surface area contributed by atoms with E-state index in [0.29, 0.717) is 6.54 Å². The van der Waals surface area contributed by atoms with Gasteiger partial charge >= 0.3 is 6.03 Å². The molecule has 1 atom stereocenters. The highest BCUT2D eigenvalue weighted by Gasteiger charge is 2.45. The van der Waals surface area contributed by atoms with Gasteiger partial charge in [-0.15, -0.1) is 10.2 Å². The van der Waals surface area contributed by atoms with Crippen LogP contribution in [0.3, 0.4) is 0 Å². The highest BCUT2D eigenvalue weighted by atomic mass is 35.5. The average Bonchev–Trinajstić information content (AvgIpc) is 3.28. The van der Waals surface area contributed by atoms with Crippen molar-refractivity contribution >= 4 is 17.6 Å². The summed E-state index contributed by atoms with van der Waals surface area (Å²) in [5.41, 5.74) is 1.34. The van der Waals surface area contributed by atoms with Crippen molar-refractivity contribution in [2.45, 2.75) is 69.4 Å². The molecule has 3 heterocycles. The molecule has 3 aliphatic rings. The predicted molar refractivity (Wildman–Crippen MR) is 112 cm³/mol. The number of halogens is 1. The van der Waals surface area contributed by atoms with Crippen LogP contribution in [-0.4, -0.2) is 38.8 Å². The Morgan fingerprint density at radius 3 is 2.72 bits per heavy atom. The Balaban J connectivity index is 1.28. The van der Waals surface area contributed by atoms with Crippen LogP contribution in [0.5, 0.6) is 0 Å². The standard InChI is InChI=1S/C22H28ClN5O/c23-17-9-7-16(8-10-17)22(11-12-22)15-24-21(29)27-14-4-5-18(27)20-26-25-19-6-2-1-3-13-28(19)20/h7-10,18H,1-6,11-15H2,(H,24,29). The highest BCUT2D eigenvalue weighted by molar-refractivity contribution is 6.30. The summed E-state index contributed by atoms with van der Waals surface area (Å²) in [6.07, 6.45) is 8.78. The van der Waals surface area contributed by atoms with Crippen molar-refractivity contribution in [1.29, 1.82) is 0 Å². The fourth-order valence-corrected chi connectivity index (χ4v) is 5.03. The molecular weight excluding hydrogens is 386 g/mol. The van der Waals surface area contributed by atoms with Gasteiger partial charge in [0.15, 0.2) is 5.82 Å². The lowest BCUT2D eigenvalue weighted by Crippen LogP contribution is -2.43. The van der Waals surface area contributed by atoms with Crippen LogP contribution in [0, 0.1) is 0 Å². The second-order valence-corrected chi connectivity index (χ2v) is 9.17. The minimum absolute atomic E-state index is 0.0266. The molecule has 1 N–H and O–H groups in total. The molecule has 7 heteroatoms. The van der Waals surface area contributed by atoms with Crippen molar-refractivity contribution in [2.24, 2.45) is 0 Å². The number of nitrogens with one attached hydrogen (secondary N) is 1. The summed E-state index contributed by atoms with van der Waals surface area (Å²) in [7, 11) is 0. The number of carbonyl (C=O) groups is 1. The molecule has 0 spiro atoms. The first-order valence-electron chi connectivity index (χ1n) is 10.9. The lowest BCUT2D eigenvalue weighted by Gasteiger charge is -2.26. The first-order valence-corrected chi connectivity index (χ1v) is 11.3. The summed E-state index contributed by atoms with van der Waals surface area (Å²) in [5, 5.41) is 12.9. The molecule has 154 valence electrons. The zero-order valence-corrected chi connectivity index (χ0v) is 17.5. The van der Waals surface area contributed by atoms with E-state index in [1.54, 1.807) is 0 Å². The summed E-state index contributed by atoms with van der Waals surface area (Å²) >= 11 is 6.03. The molecule has 5 rings (SSSR count). The van der Waals surface area contributed by atoms with Crippen molar-refractivity contribution in [3.8, 4) is 0 Å². The second-order valence-electron chi connectivity index (χ2n) is 8.73. The van der Waals surface area contributed by atoms with Crippen molar-refractivity contribution in [1.82, 2.24) is 25.0 Å². The molecule has 2 aromatic rings. The smallest absolute Gasteiger partial charge is 0.318 e. The highest BCUT2D eigenvalue weighted by Crippen LogP contribution is 2.48. The van der Waals surface area contributed by atoms with Crippen LogP contribution in [0.15, 0.2) is 24.3 Å². The van der Waals surface area contributed by atoms with E-state index in [2.05, 4.69) is 32.2 Å². The molecular formula is C22H28ClN5O. The molecule has 2 amide bonds. The zero-order valence-electron chi connectivity index (χ0n) is 16.7. The van der Waals surface area contributed by atoms with Gasteiger partial charge < -0.3 is 14.8 Å². The molecule has 29 heavy (non-hydrogen) atoms. The van der Waals surface area contributed by atoms with E-state index in [-0.39, 0.29) is 17.5 Å². The van der Waals surface area contributed by atoms with Crippen LogP contribution < -0.4 is 5.32 Å². The molecule has 1 aromatic heterocycles. The van der Waals surface area contributed by atoms with Crippen molar-refractivity contribution in [3.63, 3.8) is 0 Å². The quantitative estimate of drug-likeness (QED) is 0.815. The number of urea groups is 1. The number of fused-ring (bicyclic) bond motifs is 1. The van der Waals surface area contributed by atoms with Crippen molar-refractivity contribution < 1.29 is 4.79 Å². The third kappa shape index (κ3) is 3.63. The van der Waals surface area contributed by atoms with Gasteiger partial charge in [-0.25, -0.2) is 4.79 Å². The number of nitrogens with zero attached hydrogens (tertiary/aromatic N) is 4. The largest absolute Gasteiger partial charge is 0.337 e. The molecule has 2 fully saturated rings. The van der Waals surface area contributed by atoms with Gasteiger partial charge in [0.2, 0.25) is 0 Å². The molecule has 0 bridgehead atoms. The number of aryl methyl sites for hydroxylation is 1. The lowest BCUT2D eigenvalue weighted by molar-refractivity contribution is 0.188. The molecule has 1 saturated heterocycles. The minimum atomic E-state index is 0.0266. The van der Waals surface area contributed by atoms with Gasteiger partial charge in [-0.1, -0.05) is 30.2 Å². The van der Waals surface area contributed by atoms with E-state index in [0.717, 1.165) is 61.9 Å². The van der Waals surface area contributed by atoms with Crippen LogP contribution in [0.25, 0.3) is 0 Å². The molecule has 1 saturated carbocycles. The summed E-state index contributed by atoms with van der Waals surface area (Å²) in [6.45, 7) is 2.44. The Morgan fingerprint density at radius 2 is 1.93 bits per heavy atom. The number of amides is 2. The topological polar surface area (TPSA) is 63.1 Å². The molecule has 1 aliphatic carbocycles. The van der Waals surface area contributed by atoms with Gasteiger partial charge in [0.1, 0.15) is 5.82 Å². The maximum absolute atomic E-state index is 13.1. The first-order chi connectivity index (χ1) is 14.2. The number of likely N-dealkylation sites (tertiary alicyclic amines) is 1. The summed E-state index contributed by atoms with van der Waals surface area (Å²) < 4.78 is 2.28. The normalized spacial score (nSPS) is 22.8. The van der Waals surface area contributed by atoms with Crippen LogP contribution in [-0.2, 0) is 18.4 Å². The molecule has 0 radical (unpaired) electrons. The zero-order chi connectivity index (χ0) is 19.8. The molecule has 1 aromatic carbocycles. The Hall–Kier alpha value is -2.08. The van der Waals surface area contributed by atoms with Gasteiger partial charge in [-0.3, -0.25) is 0 Å². The fraction of sp³-hybridized carbons (Fsp3) is 0.591. The van der Waals surface area contributed by atoms with Crippen LogP contribution in [0.1, 0.15) is 68.2 Å². The van der Waals surface area contributed by atoms with Crippen LogP contribution >= 0.6 is 11.6 Å². The van der Waals surface area contributed by atoms with Gasteiger partial charge in [0.25, 0.3) is 0 Å². The number of rotatable bonds is 4. The minimum Gasteiger partial charge on any atom is -0.337 e. The number of hydrogen-bond acceptors (Lipinski definition) is 3. The lowest BCUT2D eigenvalue weighted by atomic mass is 9.96. The monoisotopic (exact) mass is 413 g/mol.